The molecule has 0 aromatic heterocycles. The number of anilines is 1. The van der Waals surface area contributed by atoms with E-state index in [2.05, 4.69) is 5.32 Å². The molecule has 1 N–H and O–H groups in total. The first-order valence-electron chi connectivity index (χ1n) is 8.20. The second-order valence-corrected chi connectivity index (χ2v) is 8.92. The van der Waals surface area contributed by atoms with Gasteiger partial charge in [0.25, 0.3) is 5.91 Å². The minimum absolute atomic E-state index is 0.122. The minimum Gasteiger partial charge on any atom is -0.370 e. The smallest absolute Gasteiger partial charge is 0.255 e. The summed E-state index contributed by atoms with van der Waals surface area (Å²) in [5, 5.41) is 3.62. The number of halogens is 3. The van der Waals surface area contributed by atoms with Crippen LogP contribution in [0.25, 0.3) is 0 Å². The van der Waals surface area contributed by atoms with Crippen molar-refractivity contribution in [3.05, 3.63) is 57.0 Å². The molecule has 0 fully saturated rings. The van der Waals surface area contributed by atoms with E-state index < -0.39 is 15.7 Å². The summed E-state index contributed by atoms with van der Waals surface area (Å²) in [6, 6.07) is 8.82. The summed E-state index contributed by atoms with van der Waals surface area (Å²) in [7, 11) is -3.63. The van der Waals surface area contributed by atoms with Crippen LogP contribution in [0.4, 0.5) is 5.69 Å². The number of nitrogens with zero attached hydrogens (tertiary/aromatic N) is 1. The fourth-order valence-electron chi connectivity index (χ4n) is 2.45. The Morgan fingerprint density at radius 2 is 1.59 bits per heavy atom. The summed E-state index contributed by atoms with van der Waals surface area (Å²) in [5.41, 5.74) is 0.497. The van der Waals surface area contributed by atoms with Crippen LogP contribution in [0.1, 0.15) is 24.2 Å². The van der Waals surface area contributed by atoms with E-state index in [1.165, 1.54) is 36.4 Å². The van der Waals surface area contributed by atoms with Gasteiger partial charge in [-0.3, -0.25) is 4.79 Å². The molecule has 0 radical (unpaired) electrons. The Balaban J connectivity index is 2.29. The van der Waals surface area contributed by atoms with Crippen LogP contribution in [0.5, 0.6) is 0 Å². The molecule has 5 nitrogen and oxygen atoms in total. The van der Waals surface area contributed by atoms with Crippen molar-refractivity contribution in [2.24, 2.45) is 0 Å². The summed E-state index contributed by atoms with van der Waals surface area (Å²) in [4.78, 5) is 14.3. The number of sulfone groups is 1. The first-order chi connectivity index (χ1) is 12.7. The molecule has 2 aromatic carbocycles. The number of nitrogens with one attached hydrogen (secondary N) is 1. The van der Waals surface area contributed by atoms with Gasteiger partial charge in [-0.2, -0.15) is 0 Å². The molecule has 2 rings (SSSR count). The average Bonchev–Trinajstić information content (AvgIpc) is 2.63. The number of amides is 1. The lowest BCUT2D eigenvalue weighted by molar-refractivity contribution is 0.0773. The van der Waals surface area contributed by atoms with Crippen molar-refractivity contribution in [3.8, 4) is 0 Å². The van der Waals surface area contributed by atoms with Crippen molar-refractivity contribution in [3.63, 3.8) is 0 Å². The van der Waals surface area contributed by atoms with E-state index in [1.807, 2.05) is 13.8 Å². The molecule has 0 heterocycles. The molecule has 0 saturated heterocycles. The predicted octanol–water partition coefficient (Wildman–Crippen LogP) is 4.97. The van der Waals surface area contributed by atoms with Gasteiger partial charge in [0.1, 0.15) is 5.88 Å². The Morgan fingerprint density at radius 3 is 2.15 bits per heavy atom. The largest absolute Gasteiger partial charge is 0.370 e. The highest BCUT2D eigenvalue weighted by molar-refractivity contribution is 7.91. The fourth-order valence-corrected chi connectivity index (χ4v) is 4.12. The summed E-state index contributed by atoms with van der Waals surface area (Å²) in [6.07, 6.45) is 0. The van der Waals surface area contributed by atoms with Crippen LogP contribution >= 0.6 is 34.8 Å². The molecule has 0 aliphatic heterocycles. The molecule has 2 aromatic rings. The van der Waals surface area contributed by atoms with E-state index in [4.69, 9.17) is 34.8 Å². The molecular formula is C18H19Cl3N2O3S. The third-order valence-corrected chi connectivity index (χ3v) is 6.34. The van der Waals surface area contributed by atoms with Gasteiger partial charge in [0.05, 0.1) is 21.2 Å². The molecule has 0 aliphatic carbocycles. The fraction of sp³-hybridized carbons (Fsp3) is 0.278. The van der Waals surface area contributed by atoms with Crippen LogP contribution in [0.2, 0.25) is 15.1 Å². The van der Waals surface area contributed by atoms with Crippen molar-refractivity contribution in [2.45, 2.75) is 18.7 Å². The highest BCUT2D eigenvalue weighted by atomic mass is 35.5. The SMILES string of the molecule is CCN(CC)C(=O)c1cc(Cl)cc(NCS(=O)(=O)c2ccc(Cl)cc2)c1Cl. The summed E-state index contributed by atoms with van der Waals surface area (Å²) in [6.45, 7) is 4.76. The Hall–Kier alpha value is -1.47. The van der Waals surface area contributed by atoms with Gasteiger partial charge in [-0.25, -0.2) is 8.42 Å². The van der Waals surface area contributed by atoms with Crippen molar-refractivity contribution >= 4 is 56.2 Å². The average molecular weight is 450 g/mol. The zero-order valence-electron chi connectivity index (χ0n) is 14.8. The molecule has 0 unspecified atom stereocenters. The van der Waals surface area contributed by atoms with Gasteiger partial charge >= 0.3 is 0 Å². The number of hydrogen-bond acceptors (Lipinski definition) is 4. The predicted molar refractivity (Wildman–Crippen MR) is 111 cm³/mol. The van der Waals surface area contributed by atoms with Gasteiger partial charge in [-0.15, -0.1) is 0 Å². The maximum Gasteiger partial charge on any atom is 0.255 e. The van der Waals surface area contributed by atoms with E-state index in [0.717, 1.165) is 0 Å². The van der Waals surface area contributed by atoms with Gasteiger partial charge in [0.15, 0.2) is 9.84 Å². The van der Waals surface area contributed by atoms with Crippen molar-refractivity contribution in [2.75, 3.05) is 24.3 Å². The maximum atomic E-state index is 12.6. The van der Waals surface area contributed by atoms with E-state index in [9.17, 15) is 13.2 Å². The van der Waals surface area contributed by atoms with Crippen molar-refractivity contribution < 1.29 is 13.2 Å². The topological polar surface area (TPSA) is 66.5 Å². The monoisotopic (exact) mass is 448 g/mol. The standard InChI is InChI=1S/C18H19Cl3N2O3S/c1-3-23(4-2)18(24)15-9-13(20)10-16(17(15)21)22-11-27(25,26)14-7-5-12(19)6-8-14/h5-10,22H,3-4,11H2,1-2H3. The zero-order chi connectivity index (χ0) is 20.2. The summed E-state index contributed by atoms with van der Waals surface area (Å²) >= 11 is 18.2. The quantitative estimate of drug-likeness (QED) is 0.648. The summed E-state index contributed by atoms with van der Waals surface area (Å²) in [5.74, 6) is -0.677. The van der Waals surface area contributed by atoms with Crippen molar-refractivity contribution in [1.82, 2.24) is 4.90 Å². The second-order valence-electron chi connectivity index (χ2n) is 5.68. The Bertz CT molecular complexity index is 928. The minimum atomic E-state index is -3.63. The van der Waals surface area contributed by atoms with Crippen molar-refractivity contribution in [1.29, 1.82) is 0 Å². The Kier molecular flexibility index (Phi) is 7.40. The zero-order valence-corrected chi connectivity index (χ0v) is 17.9. The molecule has 0 aliphatic rings. The van der Waals surface area contributed by atoms with Gasteiger partial charge in [0, 0.05) is 23.1 Å². The lowest BCUT2D eigenvalue weighted by Crippen LogP contribution is -2.30. The third kappa shape index (κ3) is 5.29. The molecule has 27 heavy (non-hydrogen) atoms. The van der Waals surface area contributed by atoms with Gasteiger partial charge in [-0.05, 0) is 50.2 Å². The first-order valence-corrected chi connectivity index (χ1v) is 11.0. The molecule has 0 saturated carbocycles. The molecule has 0 bridgehead atoms. The number of rotatable bonds is 7. The summed E-state index contributed by atoms with van der Waals surface area (Å²) < 4.78 is 25.0. The molecule has 0 atom stereocenters. The third-order valence-electron chi connectivity index (χ3n) is 3.94. The normalized spacial score (nSPS) is 11.3. The van der Waals surface area contributed by atoms with Crippen LogP contribution in [0.15, 0.2) is 41.3 Å². The highest BCUT2D eigenvalue weighted by Crippen LogP contribution is 2.31. The van der Waals surface area contributed by atoms with E-state index in [-0.39, 0.29) is 32.1 Å². The van der Waals surface area contributed by atoms with Gasteiger partial charge in [0.2, 0.25) is 0 Å². The Labute approximate surface area is 174 Å². The second kappa shape index (κ2) is 9.15. The van der Waals surface area contributed by atoms with E-state index in [0.29, 0.717) is 18.1 Å². The van der Waals surface area contributed by atoms with Crippen LogP contribution < -0.4 is 5.32 Å². The van der Waals surface area contributed by atoms with Gasteiger partial charge < -0.3 is 10.2 Å². The number of carbonyl (C=O) groups is 1. The molecule has 146 valence electrons. The molecular weight excluding hydrogens is 431 g/mol. The van der Waals surface area contributed by atoms with Crippen LogP contribution in [0, 0.1) is 0 Å². The molecule has 1 amide bonds. The van der Waals surface area contributed by atoms with Crippen LogP contribution in [0.3, 0.4) is 0 Å². The van der Waals surface area contributed by atoms with E-state index in [1.54, 1.807) is 4.90 Å². The lowest BCUT2D eigenvalue weighted by Gasteiger charge is -2.20. The molecule has 9 heteroatoms. The number of benzene rings is 2. The number of hydrogen-bond donors (Lipinski definition) is 1. The van der Waals surface area contributed by atoms with Crippen LogP contribution in [-0.2, 0) is 9.84 Å². The first kappa shape index (κ1) is 21.8. The van der Waals surface area contributed by atoms with Gasteiger partial charge in [-0.1, -0.05) is 34.8 Å². The van der Waals surface area contributed by atoms with Crippen LogP contribution in [-0.4, -0.2) is 38.2 Å². The molecule has 0 spiro atoms. The Morgan fingerprint density at radius 1 is 1.00 bits per heavy atom. The number of carbonyl (C=O) groups excluding carboxylic acids is 1. The maximum absolute atomic E-state index is 12.6. The lowest BCUT2D eigenvalue weighted by atomic mass is 10.1. The van der Waals surface area contributed by atoms with E-state index >= 15 is 0 Å². The highest BCUT2D eigenvalue weighted by Gasteiger charge is 2.21.